The fourth-order valence-electron chi connectivity index (χ4n) is 7.93. The van der Waals surface area contributed by atoms with Crippen molar-refractivity contribution in [1.82, 2.24) is 0 Å². The number of benzene rings is 9. The molecule has 0 atom stereocenters. The predicted molar refractivity (Wildman–Crippen MR) is 236 cm³/mol. The van der Waals surface area contributed by atoms with Gasteiger partial charge in [0.1, 0.15) is 11.3 Å². The van der Waals surface area contributed by atoms with Crippen LogP contribution < -0.4 is 4.90 Å². The molecule has 0 saturated heterocycles. The van der Waals surface area contributed by atoms with Crippen LogP contribution in [0.15, 0.2) is 229 Å². The van der Waals surface area contributed by atoms with E-state index in [1.165, 1.54) is 44.2 Å². The Labute approximate surface area is 327 Å². The second kappa shape index (κ2) is 14.4. The van der Waals surface area contributed by atoms with Gasteiger partial charge in [0.25, 0.3) is 0 Å². The Bertz CT molecular complexity index is 2920. The summed E-state index contributed by atoms with van der Waals surface area (Å²) in [4.78, 5) is 2.34. The van der Waals surface area contributed by atoms with Crippen molar-refractivity contribution in [3.05, 3.63) is 224 Å². The summed E-state index contributed by atoms with van der Waals surface area (Å²) in [6, 6.07) is 79.9. The summed E-state index contributed by atoms with van der Waals surface area (Å²) in [6.45, 7) is 0. The molecule has 0 aliphatic rings. The van der Waals surface area contributed by atoms with Crippen molar-refractivity contribution in [2.45, 2.75) is 0 Å². The average Bonchev–Trinajstić information content (AvgIpc) is 3.68. The number of hydrogen-bond acceptors (Lipinski definition) is 2. The summed E-state index contributed by atoms with van der Waals surface area (Å²) in [5, 5.41) is 3.59. The van der Waals surface area contributed by atoms with E-state index in [9.17, 15) is 0 Å². The lowest BCUT2D eigenvalue weighted by molar-refractivity contribution is 0.632. The number of furan rings is 1. The van der Waals surface area contributed by atoms with Gasteiger partial charge < -0.3 is 9.32 Å². The predicted octanol–water partition coefficient (Wildman–Crippen LogP) is 15.4. The van der Waals surface area contributed by atoms with Crippen LogP contribution in [0.3, 0.4) is 0 Å². The maximum absolute atomic E-state index is 6.67. The van der Waals surface area contributed by atoms with Crippen LogP contribution in [-0.2, 0) is 0 Å². The Kier molecular flexibility index (Phi) is 8.55. The van der Waals surface area contributed by atoms with E-state index >= 15 is 0 Å². The Balaban J connectivity index is 1.07. The quantitative estimate of drug-likeness (QED) is 0.156. The molecular weight excluding hydrogens is 679 g/mol. The molecule has 10 rings (SSSR count). The molecule has 0 fully saturated rings. The third-order valence-electron chi connectivity index (χ3n) is 10.7. The smallest absolute Gasteiger partial charge is 0.143 e. The van der Waals surface area contributed by atoms with Gasteiger partial charge in [-0.2, -0.15) is 0 Å². The molecule has 10 aromatic rings. The lowest BCUT2D eigenvalue weighted by Crippen LogP contribution is -2.10. The van der Waals surface area contributed by atoms with Gasteiger partial charge in [-0.25, -0.2) is 0 Å². The maximum Gasteiger partial charge on any atom is 0.143 e. The van der Waals surface area contributed by atoms with Crippen LogP contribution in [0.1, 0.15) is 0 Å². The zero-order valence-electron chi connectivity index (χ0n) is 30.7. The van der Waals surface area contributed by atoms with Gasteiger partial charge in [-0.05, 0) is 92.2 Å². The Hall–Kier alpha value is -7.42. The third kappa shape index (κ3) is 6.24. The van der Waals surface area contributed by atoms with E-state index in [2.05, 4.69) is 223 Å². The molecule has 0 N–H and O–H groups in total. The van der Waals surface area contributed by atoms with E-state index in [0.717, 1.165) is 50.5 Å². The van der Waals surface area contributed by atoms with E-state index in [1.807, 2.05) is 6.07 Å². The minimum atomic E-state index is 0.861. The molecule has 0 radical (unpaired) electrons. The van der Waals surface area contributed by atoms with Crippen LogP contribution in [0.4, 0.5) is 17.1 Å². The van der Waals surface area contributed by atoms with Gasteiger partial charge in [0, 0.05) is 33.6 Å². The largest absolute Gasteiger partial charge is 0.455 e. The number of hydrogen-bond donors (Lipinski definition) is 0. The van der Waals surface area contributed by atoms with E-state index < -0.39 is 0 Å². The fourth-order valence-corrected chi connectivity index (χ4v) is 7.93. The van der Waals surface area contributed by atoms with Crippen LogP contribution in [0.2, 0.25) is 0 Å². The molecule has 9 aromatic carbocycles. The van der Waals surface area contributed by atoms with Crippen LogP contribution in [0, 0.1) is 0 Å². The molecule has 0 aliphatic heterocycles. The van der Waals surface area contributed by atoms with Crippen molar-refractivity contribution >= 4 is 38.8 Å². The number of anilines is 3. The molecule has 0 saturated carbocycles. The topological polar surface area (TPSA) is 16.4 Å². The number of para-hydroxylation sites is 1. The fraction of sp³-hybridized carbons (Fsp3) is 0. The first-order valence-electron chi connectivity index (χ1n) is 19.1. The molecule has 0 aliphatic carbocycles. The highest BCUT2D eigenvalue weighted by molar-refractivity contribution is 6.02. The standard InChI is InChI=1S/C54H37NO/c1-3-13-38(14-4-1)39-25-27-40(28-26-39)41-29-33-46(34-30-41)55(47-35-31-43(32-36-47)50-23-12-18-42-15-7-8-21-49(42)50)48-20-11-19-45(37-48)54-53(44-16-5-2-6-17-44)51-22-9-10-24-52(51)56-54/h1-37H. The van der Waals surface area contributed by atoms with Gasteiger partial charge in [0.05, 0.1) is 0 Å². The second-order valence-electron chi connectivity index (χ2n) is 14.1. The number of fused-ring (bicyclic) bond motifs is 2. The number of nitrogens with zero attached hydrogens (tertiary/aromatic N) is 1. The third-order valence-corrected chi connectivity index (χ3v) is 10.7. The summed E-state index contributed by atoms with van der Waals surface area (Å²) in [6.07, 6.45) is 0. The first-order valence-corrected chi connectivity index (χ1v) is 19.1. The lowest BCUT2D eigenvalue weighted by atomic mass is 9.97. The van der Waals surface area contributed by atoms with Crippen molar-refractivity contribution < 1.29 is 4.42 Å². The summed E-state index contributed by atoms with van der Waals surface area (Å²) >= 11 is 0. The molecule has 2 heteroatoms. The zero-order valence-corrected chi connectivity index (χ0v) is 30.7. The molecule has 56 heavy (non-hydrogen) atoms. The van der Waals surface area contributed by atoms with Crippen molar-refractivity contribution in [1.29, 1.82) is 0 Å². The van der Waals surface area contributed by atoms with Gasteiger partial charge >= 0.3 is 0 Å². The monoisotopic (exact) mass is 715 g/mol. The second-order valence-corrected chi connectivity index (χ2v) is 14.1. The van der Waals surface area contributed by atoms with Gasteiger partial charge in [0.15, 0.2) is 0 Å². The van der Waals surface area contributed by atoms with E-state index in [-0.39, 0.29) is 0 Å². The summed E-state index contributed by atoms with van der Waals surface area (Å²) in [7, 11) is 0. The van der Waals surface area contributed by atoms with Crippen molar-refractivity contribution in [2.24, 2.45) is 0 Å². The molecular formula is C54H37NO. The maximum atomic E-state index is 6.67. The highest BCUT2D eigenvalue weighted by atomic mass is 16.3. The van der Waals surface area contributed by atoms with Crippen molar-refractivity contribution in [3.8, 4) is 55.8 Å². The summed E-state index contributed by atoms with van der Waals surface area (Å²) in [5.41, 5.74) is 14.5. The van der Waals surface area contributed by atoms with E-state index in [4.69, 9.17) is 4.42 Å². The highest BCUT2D eigenvalue weighted by Gasteiger charge is 2.20. The highest BCUT2D eigenvalue weighted by Crippen LogP contribution is 2.44. The summed E-state index contributed by atoms with van der Waals surface area (Å²) in [5.74, 6) is 0.861. The first kappa shape index (κ1) is 33.2. The van der Waals surface area contributed by atoms with Crippen LogP contribution >= 0.6 is 0 Å². The molecule has 0 bridgehead atoms. The van der Waals surface area contributed by atoms with Crippen molar-refractivity contribution in [2.75, 3.05) is 4.90 Å². The minimum absolute atomic E-state index is 0.861. The first-order chi connectivity index (χ1) is 27.8. The van der Waals surface area contributed by atoms with Crippen molar-refractivity contribution in [3.63, 3.8) is 0 Å². The molecule has 0 amide bonds. The number of rotatable bonds is 8. The molecule has 1 heterocycles. The van der Waals surface area contributed by atoms with Crippen LogP contribution in [-0.4, -0.2) is 0 Å². The summed E-state index contributed by atoms with van der Waals surface area (Å²) < 4.78 is 6.67. The zero-order chi connectivity index (χ0) is 37.3. The minimum Gasteiger partial charge on any atom is -0.455 e. The molecule has 1 aromatic heterocycles. The molecule has 2 nitrogen and oxygen atoms in total. The molecule has 0 spiro atoms. The Morgan fingerprint density at radius 2 is 0.786 bits per heavy atom. The van der Waals surface area contributed by atoms with Gasteiger partial charge in [0.2, 0.25) is 0 Å². The van der Waals surface area contributed by atoms with Gasteiger partial charge in [-0.15, -0.1) is 0 Å². The van der Waals surface area contributed by atoms with Crippen LogP contribution in [0.25, 0.3) is 77.6 Å². The van der Waals surface area contributed by atoms with E-state index in [0.29, 0.717) is 0 Å². The lowest BCUT2D eigenvalue weighted by Gasteiger charge is -2.26. The molecule has 264 valence electrons. The van der Waals surface area contributed by atoms with E-state index in [1.54, 1.807) is 0 Å². The SMILES string of the molecule is c1ccc(-c2ccc(-c3ccc(N(c4ccc(-c5cccc6ccccc56)cc4)c4cccc(-c5oc6ccccc6c5-c5ccccc5)c4)cc3)cc2)cc1. The van der Waals surface area contributed by atoms with Crippen LogP contribution in [0.5, 0.6) is 0 Å². The van der Waals surface area contributed by atoms with Gasteiger partial charge in [-0.1, -0.05) is 182 Å². The Morgan fingerprint density at radius 1 is 0.304 bits per heavy atom. The van der Waals surface area contributed by atoms with Gasteiger partial charge in [-0.3, -0.25) is 0 Å². The normalized spacial score (nSPS) is 11.2. The molecule has 0 unspecified atom stereocenters. The Morgan fingerprint density at radius 3 is 1.46 bits per heavy atom. The average molecular weight is 716 g/mol.